The van der Waals surface area contributed by atoms with E-state index in [1.54, 1.807) is 0 Å². The van der Waals surface area contributed by atoms with Gasteiger partial charge in [0.15, 0.2) is 0 Å². The second-order valence-electron chi connectivity index (χ2n) is 0.448. The Hall–Kier alpha value is 1.77. The Morgan fingerprint density at radius 2 is 1.50 bits per heavy atom. The van der Waals surface area contributed by atoms with Gasteiger partial charge in [-0.05, 0) is 0 Å². The van der Waals surface area contributed by atoms with Gasteiger partial charge in [-0.3, -0.25) is 9.11 Å². The SMILES string of the molecule is N.O=S(O)(O)=S.[Cu].[H-].[Na+]. The average molecular weight is 219 g/mol. The second-order valence-corrected chi connectivity index (χ2v) is 2.65. The fourth-order valence-electron chi connectivity index (χ4n) is 0. The minimum absolute atomic E-state index is 0. The topological polar surface area (TPSA) is 92.5 Å². The van der Waals surface area contributed by atoms with Crippen molar-refractivity contribution < 1.29 is 61.4 Å². The van der Waals surface area contributed by atoms with Crippen LogP contribution in [0.2, 0.25) is 0 Å². The van der Waals surface area contributed by atoms with E-state index in [0.717, 1.165) is 0 Å². The largest absolute Gasteiger partial charge is 1.00 e. The maximum absolute atomic E-state index is 9.11. The molecule has 0 saturated heterocycles. The molecule has 1 radical (unpaired) electrons. The van der Waals surface area contributed by atoms with E-state index in [9.17, 15) is 0 Å². The Labute approximate surface area is 87.0 Å². The van der Waals surface area contributed by atoms with E-state index in [0.29, 0.717) is 0 Å². The van der Waals surface area contributed by atoms with Crippen molar-refractivity contribution in [1.29, 1.82) is 0 Å². The standard InChI is InChI=1S/Cu.H3N.Na.H2O3S2.H/c;;;1-5(2,3)4;/h;1H3;;(H2,1,2,3,4);/q;;+1;;-1. The molecule has 0 aromatic heterocycles. The molecule has 53 valence electrons. The summed E-state index contributed by atoms with van der Waals surface area (Å²) in [5, 5.41) is 0. The Morgan fingerprint density at radius 1 is 1.50 bits per heavy atom. The molecule has 8 heavy (non-hydrogen) atoms. The second kappa shape index (κ2) is 8.77. The Bertz CT molecular complexity index is 105. The van der Waals surface area contributed by atoms with Gasteiger partial charge < -0.3 is 7.58 Å². The molecule has 0 rings (SSSR count). The predicted molar refractivity (Wildman–Crippen MR) is 26.9 cm³/mol. The van der Waals surface area contributed by atoms with Crippen molar-refractivity contribution in [1.82, 2.24) is 6.15 Å². The van der Waals surface area contributed by atoms with Crippen molar-refractivity contribution in [3.05, 3.63) is 0 Å². The van der Waals surface area contributed by atoms with Crippen LogP contribution in [0.5, 0.6) is 0 Å². The number of rotatable bonds is 0. The van der Waals surface area contributed by atoms with Gasteiger partial charge in [-0.25, -0.2) is 0 Å². The summed E-state index contributed by atoms with van der Waals surface area (Å²) in [5.74, 6) is 0. The van der Waals surface area contributed by atoms with Crippen molar-refractivity contribution in [2.75, 3.05) is 0 Å². The molecule has 0 aliphatic carbocycles. The predicted octanol–water partition coefficient (Wildman–Crippen LogP) is -3.05. The van der Waals surface area contributed by atoms with Gasteiger partial charge in [-0.1, -0.05) is 0 Å². The molecule has 0 spiro atoms. The van der Waals surface area contributed by atoms with Gasteiger partial charge >= 0.3 is 29.6 Å². The van der Waals surface area contributed by atoms with Crippen LogP contribution in [0.4, 0.5) is 0 Å². The number of hydrogen-bond donors (Lipinski definition) is 3. The van der Waals surface area contributed by atoms with Gasteiger partial charge in [0.05, 0.1) is 0 Å². The molecule has 0 bridgehead atoms. The third-order valence-corrected chi connectivity index (χ3v) is 0. The van der Waals surface area contributed by atoms with Crippen molar-refractivity contribution in [2.24, 2.45) is 0 Å². The Morgan fingerprint density at radius 3 is 1.50 bits per heavy atom. The van der Waals surface area contributed by atoms with Crippen LogP contribution in [0.25, 0.3) is 0 Å². The van der Waals surface area contributed by atoms with E-state index >= 15 is 0 Å². The smallest absolute Gasteiger partial charge is 1.00 e. The van der Waals surface area contributed by atoms with Gasteiger partial charge in [0.25, 0.3) is 9.05 Å². The molecule has 0 amide bonds. The normalized spacial score (nSPS) is 7.25. The van der Waals surface area contributed by atoms with Gasteiger partial charge in [-0.15, -0.1) is 0 Å². The summed E-state index contributed by atoms with van der Waals surface area (Å²) in [4.78, 5) is 0. The first-order chi connectivity index (χ1) is 2.00. The van der Waals surface area contributed by atoms with Crippen LogP contribution in [-0.4, -0.2) is 13.3 Å². The van der Waals surface area contributed by atoms with Crippen molar-refractivity contribution in [3.63, 3.8) is 0 Å². The average Bonchev–Trinajstić information content (AvgIpc) is 0.722. The molecule has 0 fully saturated rings. The first-order valence-corrected chi connectivity index (χ1v) is 3.10. The summed E-state index contributed by atoms with van der Waals surface area (Å²) in [6, 6.07) is 0. The fourth-order valence-corrected chi connectivity index (χ4v) is 0. The molecule has 0 atom stereocenters. The molecule has 0 heterocycles. The van der Waals surface area contributed by atoms with Crippen LogP contribution in [0.1, 0.15) is 1.43 Å². The van der Waals surface area contributed by atoms with E-state index in [1.165, 1.54) is 0 Å². The van der Waals surface area contributed by atoms with E-state index < -0.39 is 9.05 Å². The van der Waals surface area contributed by atoms with Crippen LogP contribution in [0.15, 0.2) is 0 Å². The maximum Gasteiger partial charge on any atom is 1.00 e. The maximum atomic E-state index is 9.11. The van der Waals surface area contributed by atoms with Gasteiger partial charge in [0.2, 0.25) is 0 Å². The van der Waals surface area contributed by atoms with Crippen LogP contribution in [0, 0.1) is 0 Å². The Kier molecular flexibility index (Phi) is 24.7. The molecule has 0 aromatic rings. The first kappa shape index (κ1) is 22.6. The van der Waals surface area contributed by atoms with Crippen molar-refractivity contribution >= 4 is 20.2 Å². The zero-order valence-electron chi connectivity index (χ0n) is 5.13. The van der Waals surface area contributed by atoms with E-state index in [1.807, 2.05) is 0 Å². The monoisotopic (exact) mass is 218 g/mol. The summed E-state index contributed by atoms with van der Waals surface area (Å²) in [7, 11) is -3.83. The summed E-state index contributed by atoms with van der Waals surface area (Å²) < 4.78 is 24.0. The minimum atomic E-state index is -3.83. The number of hydrogen-bond acceptors (Lipinski definition) is 3. The summed E-state index contributed by atoms with van der Waals surface area (Å²) >= 11 is 3.47. The molecular weight excluding hydrogens is 213 g/mol. The molecule has 5 N–H and O–H groups in total. The minimum Gasteiger partial charge on any atom is -1.00 e. The quantitative estimate of drug-likeness (QED) is 0.376. The molecule has 0 aliphatic heterocycles. The molecule has 8 heteroatoms. The molecular formula is H6CuNNaO3S2. The van der Waals surface area contributed by atoms with E-state index in [-0.39, 0.29) is 54.2 Å². The van der Waals surface area contributed by atoms with Crippen LogP contribution in [0.3, 0.4) is 0 Å². The van der Waals surface area contributed by atoms with E-state index in [2.05, 4.69) is 11.2 Å². The van der Waals surface area contributed by atoms with Crippen LogP contribution < -0.4 is 35.7 Å². The molecule has 0 saturated carbocycles. The third-order valence-electron chi connectivity index (χ3n) is 0. The zero-order valence-corrected chi connectivity index (χ0v) is 8.70. The van der Waals surface area contributed by atoms with E-state index in [4.69, 9.17) is 13.3 Å². The summed E-state index contributed by atoms with van der Waals surface area (Å²) in [6.07, 6.45) is 0. The third kappa shape index (κ3) is 114. The zero-order chi connectivity index (χ0) is 4.50. The molecule has 0 aliphatic rings. The molecule has 0 aromatic carbocycles. The van der Waals surface area contributed by atoms with Crippen molar-refractivity contribution in [2.45, 2.75) is 0 Å². The van der Waals surface area contributed by atoms with Crippen LogP contribution in [-0.2, 0) is 37.3 Å². The first-order valence-electron chi connectivity index (χ1n) is 0.698. The fraction of sp³-hybridized carbons (Fsp3) is 0. The molecule has 4 nitrogen and oxygen atoms in total. The van der Waals surface area contributed by atoms with Gasteiger partial charge in [-0.2, -0.15) is 4.21 Å². The Balaban J connectivity index is -0.0000000133. The summed E-state index contributed by atoms with van der Waals surface area (Å²) in [5.41, 5.74) is 0. The van der Waals surface area contributed by atoms with Crippen molar-refractivity contribution in [3.8, 4) is 0 Å². The van der Waals surface area contributed by atoms with Gasteiger partial charge in [0, 0.05) is 28.3 Å². The summed E-state index contributed by atoms with van der Waals surface area (Å²) in [6.45, 7) is 0. The van der Waals surface area contributed by atoms with Gasteiger partial charge in [0.1, 0.15) is 0 Å². The van der Waals surface area contributed by atoms with Crippen LogP contribution >= 0.6 is 0 Å². The molecule has 0 unspecified atom stereocenters.